The molecule has 0 atom stereocenters. The number of alkyl halides is 2. The van der Waals surface area contributed by atoms with Crippen LogP contribution in [-0.4, -0.2) is 16.3 Å². The van der Waals surface area contributed by atoms with Crippen molar-refractivity contribution in [2.24, 2.45) is 5.73 Å². The molecule has 1 aromatic carbocycles. The van der Waals surface area contributed by atoms with Crippen LogP contribution >= 0.6 is 0 Å². The van der Waals surface area contributed by atoms with E-state index in [0.717, 1.165) is 5.69 Å². The van der Waals surface area contributed by atoms with E-state index in [-0.39, 0.29) is 5.56 Å². The summed E-state index contributed by atoms with van der Waals surface area (Å²) < 4.78 is 28.0. The lowest BCUT2D eigenvalue weighted by molar-refractivity contribution is 0.00595. The zero-order valence-corrected chi connectivity index (χ0v) is 8.48. The van der Waals surface area contributed by atoms with E-state index in [1.165, 1.54) is 12.1 Å². The van der Waals surface area contributed by atoms with Crippen LogP contribution in [0.15, 0.2) is 42.7 Å². The Hall–Kier alpha value is -1.75. The van der Waals surface area contributed by atoms with Crippen LogP contribution in [0, 0.1) is 0 Å². The summed E-state index contributed by atoms with van der Waals surface area (Å²) in [5, 5.41) is 4.00. The molecule has 0 amide bonds. The number of aromatic nitrogens is 2. The number of nitrogens with two attached hydrogens (primary N) is 1. The van der Waals surface area contributed by atoms with Gasteiger partial charge in [0.1, 0.15) is 0 Å². The monoisotopic (exact) mass is 223 g/mol. The number of nitrogens with zero attached hydrogens (tertiary/aromatic N) is 2. The molecule has 84 valence electrons. The topological polar surface area (TPSA) is 43.8 Å². The maximum absolute atomic E-state index is 13.2. The summed E-state index contributed by atoms with van der Waals surface area (Å²) >= 11 is 0. The summed E-state index contributed by atoms with van der Waals surface area (Å²) in [5.74, 6) is -2.97. The van der Waals surface area contributed by atoms with Crippen LogP contribution in [-0.2, 0) is 5.92 Å². The molecule has 0 aliphatic carbocycles. The molecule has 2 aromatic rings. The molecule has 16 heavy (non-hydrogen) atoms. The first kappa shape index (κ1) is 10.8. The van der Waals surface area contributed by atoms with Crippen LogP contribution < -0.4 is 5.73 Å². The number of hydrogen-bond acceptors (Lipinski definition) is 2. The molecule has 2 rings (SSSR count). The molecule has 0 spiro atoms. The minimum absolute atomic E-state index is 0.0779. The maximum atomic E-state index is 13.2. The van der Waals surface area contributed by atoms with Crippen LogP contribution in [0.1, 0.15) is 5.56 Å². The van der Waals surface area contributed by atoms with E-state index in [2.05, 4.69) is 5.10 Å². The van der Waals surface area contributed by atoms with Gasteiger partial charge in [-0.25, -0.2) is 4.68 Å². The number of halogens is 2. The highest BCUT2D eigenvalue weighted by molar-refractivity contribution is 5.35. The first-order valence-corrected chi connectivity index (χ1v) is 4.82. The van der Waals surface area contributed by atoms with Gasteiger partial charge in [0.25, 0.3) is 5.92 Å². The lowest BCUT2D eigenvalue weighted by atomic mass is 10.1. The Balaban J connectivity index is 2.30. The zero-order chi connectivity index (χ0) is 11.6. The van der Waals surface area contributed by atoms with Crippen molar-refractivity contribution >= 4 is 0 Å². The van der Waals surface area contributed by atoms with E-state index in [1.807, 2.05) is 0 Å². The Morgan fingerprint density at radius 3 is 2.44 bits per heavy atom. The minimum Gasteiger partial charge on any atom is -0.325 e. The van der Waals surface area contributed by atoms with Crippen molar-refractivity contribution < 1.29 is 8.78 Å². The van der Waals surface area contributed by atoms with Crippen molar-refractivity contribution in [2.75, 3.05) is 6.54 Å². The van der Waals surface area contributed by atoms with E-state index in [0.29, 0.717) is 0 Å². The SMILES string of the molecule is NCC(F)(F)c1ccc(-n2cccn2)cc1. The second-order valence-corrected chi connectivity index (χ2v) is 3.41. The average Bonchev–Trinajstić information content (AvgIpc) is 2.83. The maximum Gasteiger partial charge on any atom is 0.285 e. The molecule has 3 nitrogen and oxygen atoms in total. The molecule has 0 fully saturated rings. The summed E-state index contributed by atoms with van der Waals surface area (Å²) in [5.41, 5.74) is 5.66. The zero-order valence-electron chi connectivity index (χ0n) is 8.48. The van der Waals surface area contributed by atoms with Gasteiger partial charge in [0.2, 0.25) is 0 Å². The van der Waals surface area contributed by atoms with Crippen molar-refractivity contribution in [2.45, 2.75) is 5.92 Å². The first-order chi connectivity index (χ1) is 7.63. The van der Waals surface area contributed by atoms with Crippen molar-refractivity contribution in [1.29, 1.82) is 0 Å². The second-order valence-electron chi connectivity index (χ2n) is 3.41. The molecule has 0 aliphatic heterocycles. The van der Waals surface area contributed by atoms with Gasteiger partial charge in [-0.1, -0.05) is 12.1 Å². The van der Waals surface area contributed by atoms with E-state index in [9.17, 15) is 8.78 Å². The third kappa shape index (κ3) is 1.94. The Morgan fingerprint density at radius 1 is 1.25 bits per heavy atom. The van der Waals surface area contributed by atoms with E-state index in [4.69, 9.17) is 5.73 Å². The van der Waals surface area contributed by atoms with Gasteiger partial charge in [-0.15, -0.1) is 0 Å². The summed E-state index contributed by atoms with van der Waals surface area (Å²) in [6.45, 7) is -0.686. The van der Waals surface area contributed by atoms with E-state index < -0.39 is 12.5 Å². The molecule has 0 aliphatic rings. The van der Waals surface area contributed by atoms with Gasteiger partial charge in [0, 0.05) is 18.0 Å². The molecular formula is C11H11F2N3. The van der Waals surface area contributed by atoms with Crippen molar-refractivity contribution in [1.82, 2.24) is 9.78 Å². The largest absolute Gasteiger partial charge is 0.325 e. The molecule has 0 unspecified atom stereocenters. The third-order valence-corrected chi connectivity index (χ3v) is 2.31. The highest BCUT2D eigenvalue weighted by Gasteiger charge is 2.29. The van der Waals surface area contributed by atoms with E-state index >= 15 is 0 Å². The van der Waals surface area contributed by atoms with Gasteiger partial charge < -0.3 is 5.73 Å². The van der Waals surface area contributed by atoms with Gasteiger partial charge in [0.15, 0.2) is 0 Å². The highest BCUT2D eigenvalue weighted by atomic mass is 19.3. The minimum atomic E-state index is -2.97. The second kappa shape index (κ2) is 4.02. The van der Waals surface area contributed by atoms with Gasteiger partial charge in [0.05, 0.1) is 12.2 Å². The Kier molecular flexibility index (Phi) is 2.70. The lowest BCUT2D eigenvalue weighted by Gasteiger charge is -2.14. The van der Waals surface area contributed by atoms with Crippen molar-refractivity contribution in [3.8, 4) is 5.69 Å². The fourth-order valence-electron chi connectivity index (χ4n) is 1.40. The van der Waals surface area contributed by atoms with Crippen LogP contribution in [0.3, 0.4) is 0 Å². The van der Waals surface area contributed by atoms with Crippen LogP contribution in [0.4, 0.5) is 8.78 Å². The molecule has 5 heteroatoms. The Morgan fingerprint density at radius 2 is 1.94 bits per heavy atom. The Labute approximate surface area is 91.5 Å². The molecule has 0 bridgehead atoms. The number of hydrogen-bond donors (Lipinski definition) is 1. The highest BCUT2D eigenvalue weighted by Crippen LogP contribution is 2.26. The number of benzene rings is 1. The van der Waals surface area contributed by atoms with Gasteiger partial charge >= 0.3 is 0 Å². The van der Waals surface area contributed by atoms with Crippen LogP contribution in [0.5, 0.6) is 0 Å². The fourth-order valence-corrected chi connectivity index (χ4v) is 1.40. The fraction of sp³-hybridized carbons (Fsp3) is 0.182. The molecule has 0 saturated heterocycles. The number of rotatable bonds is 3. The molecule has 1 aromatic heterocycles. The molecule has 1 heterocycles. The van der Waals surface area contributed by atoms with Gasteiger partial charge in [-0.3, -0.25) is 0 Å². The van der Waals surface area contributed by atoms with Crippen molar-refractivity contribution in [3.05, 3.63) is 48.3 Å². The van der Waals surface area contributed by atoms with Crippen LogP contribution in [0.25, 0.3) is 5.69 Å². The standard InChI is InChI=1S/C11H11F2N3/c12-11(13,8-14)9-2-4-10(5-3-9)16-7-1-6-15-16/h1-7H,8,14H2. The summed E-state index contributed by atoms with van der Waals surface area (Å²) in [7, 11) is 0. The normalized spacial score (nSPS) is 11.7. The molecular weight excluding hydrogens is 212 g/mol. The van der Waals surface area contributed by atoms with Crippen molar-refractivity contribution in [3.63, 3.8) is 0 Å². The van der Waals surface area contributed by atoms with Gasteiger partial charge in [-0.05, 0) is 18.2 Å². The van der Waals surface area contributed by atoms with E-state index in [1.54, 1.807) is 35.3 Å². The Bertz CT molecular complexity index is 449. The third-order valence-electron chi connectivity index (χ3n) is 2.31. The summed E-state index contributed by atoms with van der Waals surface area (Å²) in [6, 6.07) is 7.67. The summed E-state index contributed by atoms with van der Waals surface area (Å²) in [6.07, 6.45) is 3.37. The predicted molar refractivity (Wildman–Crippen MR) is 56.5 cm³/mol. The smallest absolute Gasteiger partial charge is 0.285 e. The predicted octanol–water partition coefficient (Wildman–Crippen LogP) is 1.92. The van der Waals surface area contributed by atoms with Gasteiger partial charge in [-0.2, -0.15) is 13.9 Å². The lowest BCUT2D eigenvalue weighted by Crippen LogP contribution is -2.24. The molecule has 2 N–H and O–H groups in total. The molecule has 0 radical (unpaired) electrons. The summed E-state index contributed by atoms with van der Waals surface area (Å²) in [4.78, 5) is 0. The first-order valence-electron chi connectivity index (χ1n) is 4.82. The average molecular weight is 223 g/mol. The van der Waals surface area contributed by atoms with Crippen LogP contribution in [0.2, 0.25) is 0 Å². The molecule has 0 saturated carbocycles. The quantitative estimate of drug-likeness (QED) is 0.863.